The fraction of sp³-hybridized carbons (Fsp3) is 0.514. The minimum atomic E-state index is -4.97. The number of hydrogen-bond acceptors (Lipinski definition) is 10. The molecule has 16 heteroatoms. The van der Waals surface area contributed by atoms with E-state index in [4.69, 9.17) is 25.2 Å². The van der Waals surface area contributed by atoms with E-state index in [1.54, 1.807) is 36.7 Å². The number of amides is 1. The van der Waals surface area contributed by atoms with Crippen LogP contribution in [0, 0.1) is 17.7 Å². The van der Waals surface area contributed by atoms with Crippen molar-refractivity contribution in [1.82, 2.24) is 29.5 Å². The summed E-state index contributed by atoms with van der Waals surface area (Å²) in [4.78, 5) is 27.9. The fourth-order valence-corrected chi connectivity index (χ4v) is 8.17. The number of ether oxygens (including phenoxy) is 2. The van der Waals surface area contributed by atoms with Crippen LogP contribution in [-0.4, -0.2) is 92.0 Å². The van der Waals surface area contributed by atoms with Crippen LogP contribution in [0.25, 0.3) is 0 Å². The van der Waals surface area contributed by atoms with Gasteiger partial charge in [-0.05, 0) is 51.8 Å². The van der Waals surface area contributed by atoms with Crippen LogP contribution in [-0.2, 0) is 37.0 Å². The maximum atomic E-state index is 15.8. The van der Waals surface area contributed by atoms with Gasteiger partial charge in [-0.15, -0.1) is 5.92 Å². The lowest BCUT2D eigenvalue weighted by atomic mass is 9.90. The van der Waals surface area contributed by atoms with Gasteiger partial charge in [0.1, 0.15) is 12.4 Å². The Morgan fingerprint density at radius 2 is 2.02 bits per heavy atom. The van der Waals surface area contributed by atoms with Crippen molar-refractivity contribution in [2.24, 2.45) is 0 Å². The molecule has 4 aliphatic rings. The summed E-state index contributed by atoms with van der Waals surface area (Å²) >= 11 is 0. The summed E-state index contributed by atoms with van der Waals surface area (Å²) < 4.78 is 73.7. The van der Waals surface area contributed by atoms with Crippen LogP contribution in [0.2, 0.25) is 0 Å². The second-order valence-corrected chi connectivity index (χ2v) is 14.9. The van der Waals surface area contributed by atoms with E-state index in [0.29, 0.717) is 22.8 Å². The molecule has 7 rings (SSSR count). The Morgan fingerprint density at radius 1 is 1.25 bits per heavy atom. The quantitative estimate of drug-likeness (QED) is 0.164. The topological polar surface area (TPSA) is 135 Å². The van der Waals surface area contributed by atoms with Crippen LogP contribution in [0.1, 0.15) is 83.3 Å². The number of benzene rings is 1. The highest BCUT2D eigenvalue weighted by Gasteiger charge is 2.47. The number of anilines is 2. The van der Waals surface area contributed by atoms with Crippen molar-refractivity contribution in [3.63, 3.8) is 0 Å². The van der Waals surface area contributed by atoms with Gasteiger partial charge >= 0.3 is 12.2 Å². The molecule has 53 heavy (non-hydrogen) atoms. The number of nitrogens with two attached hydrogens (primary N) is 1. The highest BCUT2D eigenvalue weighted by Crippen LogP contribution is 2.45. The molecule has 2 fully saturated rings. The first-order valence-corrected chi connectivity index (χ1v) is 17.4. The summed E-state index contributed by atoms with van der Waals surface area (Å²) in [6, 6.07) is 2.53. The number of nitrogens with zero attached hydrogens (tertiary/aromatic N) is 7. The number of aromatic nitrogens is 4. The number of carbonyl (C=O) groups excluding carboxylic acids is 1. The van der Waals surface area contributed by atoms with Gasteiger partial charge in [0.05, 0.1) is 66.1 Å². The number of nitrogen functional groups attached to an aromatic ring is 1. The smallest absolute Gasteiger partial charge is 0.418 e. The summed E-state index contributed by atoms with van der Waals surface area (Å²) in [5, 5.41) is 16.0. The molecular formula is C37H42F4N8O4. The summed E-state index contributed by atoms with van der Waals surface area (Å²) in [7, 11) is 3.24. The number of hydrogen-bond donors (Lipinski definition) is 2. The zero-order valence-electron chi connectivity index (χ0n) is 30.1. The van der Waals surface area contributed by atoms with Gasteiger partial charge in [0.2, 0.25) is 0 Å². The SMILES string of the molecule is C=C1CN2CCC[C@]2(COc2nc3c(c(N4Cc5cc(C(=O)N(C)C)nn5C[C@](C)(O)C4)n2)CO[C@H](c2c(F)c(N)cc(C#CC)c2C(F)(F)F)C3)C1. The zero-order valence-corrected chi connectivity index (χ0v) is 30.1. The van der Waals surface area contributed by atoms with Crippen molar-refractivity contribution in [2.45, 2.75) is 82.6 Å². The van der Waals surface area contributed by atoms with Gasteiger partial charge in [-0.1, -0.05) is 18.1 Å². The standard InChI is InChI=1S/C37H42F4N8O4/c1-6-8-22-11-25(42)31(38)29(30(22)37(39,40)41)28-13-26-24(17-52-28)32(44-34(43-26)53-20-36-9-7-10-48(36)15-21(2)14-36)47-16-23-12-27(33(50)46(4)5)45-49(23)19-35(3,51)18-47/h11-12,28,51H,2,7,9-10,13-20,42H2,1,3-5H3/t28-,35+,36+/m0/s1. The molecular weight excluding hydrogens is 696 g/mol. The number of halogens is 4. The van der Waals surface area contributed by atoms with Crippen LogP contribution in [0.4, 0.5) is 29.1 Å². The lowest BCUT2D eigenvalue weighted by Gasteiger charge is -2.34. The second kappa shape index (κ2) is 13.3. The maximum Gasteiger partial charge on any atom is 0.418 e. The lowest BCUT2D eigenvalue weighted by molar-refractivity contribution is -0.140. The number of fused-ring (bicyclic) bond motifs is 3. The van der Waals surface area contributed by atoms with Gasteiger partial charge < -0.3 is 30.1 Å². The van der Waals surface area contributed by atoms with Crippen LogP contribution in [0.5, 0.6) is 6.01 Å². The van der Waals surface area contributed by atoms with E-state index in [1.807, 2.05) is 0 Å². The van der Waals surface area contributed by atoms with E-state index in [9.17, 15) is 23.1 Å². The maximum absolute atomic E-state index is 15.8. The van der Waals surface area contributed by atoms with Crippen molar-refractivity contribution in [3.8, 4) is 17.9 Å². The molecule has 1 aromatic carbocycles. The third kappa shape index (κ3) is 6.81. The molecule has 0 spiro atoms. The van der Waals surface area contributed by atoms with Gasteiger partial charge in [0.15, 0.2) is 11.5 Å². The summed E-state index contributed by atoms with van der Waals surface area (Å²) in [5.41, 5.74) is 4.02. The van der Waals surface area contributed by atoms with E-state index >= 15 is 4.39 Å². The fourth-order valence-electron chi connectivity index (χ4n) is 8.17. The third-order valence-corrected chi connectivity index (χ3v) is 10.4. The summed E-state index contributed by atoms with van der Waals surface area (Å²) in [6.07, 6.45) is -4.01. The number of rotatable bonds is 6. The Hall–Kier alpha value is -4.72. The van der Waals surface area contributed by atoms with Crippen molar-refractivity contribution < 1.29 is 36.9 Å². The average Bonchev–Trinajstić information content (AvgIpc) is 3.72. The molecule has 3 N–H and O–H groups in total. The van der Waals surface area contributed by atoms with E-state index in [0.717, 1.165) is 44.0 Å². The third-order valence-electron chi connectivity index (χ3n) is 10.4. The lowest BCUT2D eigenvalue weighted by Crippen LogP contribution is -2.44. The van der Waals surface area contributed by atoms with Crippen LogP contribution < -0.4 is 15.4 Å². The number of aliphatic hydroxyl groups is 1. The molecule has 6 heterocycles. The van der Waals surface area contributed by atoms with Gasteiger partial charge in [-0.2, -0.15) is 28.2 Å². The number of β-amino-alcohol motifs (C(OH)–C–C–N with tert-alkyl or cyclic N) is 1. The molecule has 0 unspecified atom stereocenters. The predicted octanol–water partition coefficient (Wildman–Crippen LogP) is 4.24. The first-order valence-electron chi connectivity index (χ1n) is 17.4. The molecule has 3 aromatic rings. The Balaban J connectivity index is 1.32. The molecule has 282 valence electrons. The number of carbonyl (C=O) groups is 1. The van der Waals surface area contributed by atoms with Crippen molar-refractivity contribution >= 4 is 17.4 Å². The van der Waals surface area contributed by atoms with Crippen molar-refractivity contribution in [3.05, 3.63) is 69.4 Å². The Morgan fingerprint density at radius 3 is 2.74 bits per heavy atom. The molecule has 2 saturated heterocycles. The van der Waals surface area contributed by atoms with Crippen LogP contribution in [0.3, 0.4) is 0 Å². The Kier molecular flexibility index (Phi) is 9.19. The first kappa shape index (κ1) is 36.6. The molecule has 1 amide bonds. The molecule has 12 nitrogen and oxygen atoms in total. The summed E-state index contributed by atoms with van der Waals surface area (Å²) in [5.74, 6) is 3.67. The summed E-state index contributed by atoms with van der Waals surface area (Å²) in [6.45, 7) is 9.17. The largest absolute Gasteiger partial charge is 0.461 e. The molecule has 3 atom stereocenters. The highest BCUT2D eigenvalue weighted by molar-refractivity contribution is 5.92. The van der Waals surface area contributed by atoms with E-state index in [-0.39, 0.29) is 62.4 Å². The van der Waals surface area contributed by atoms with Gasteiger partial charge in [-0.3, -0.25) is 14.4 Å². The van der Waals surface area contributed by atoms with Crippen molar-refractivity contribution in [1.29, 1.82) is 0 Å². The van der Waals surface area contributed by atoms with E-state index in [1.165, 1.54) is 11.8 Å². The monoisotopic (exact) mass is 738 g/mol. The normalized spacial score (nSPS) is 24.2. The highest BCUT2D eigenvalue weighted by atomic mass is 19.4. The van der Waals surface area contributed by atoms with Crippen LogP contribution in [0.15, 0.2) is 24.3 Å². The molecule has 0 radical (unpaired) electrons. The van der Waals surface area contributed by atoms with E-state index < -0.39 is 46.1 Å². The molecule has 4 aliphatic heterocycles. The van der Waals surface area contributed by atoms with Gasteiger partial charge in [0, 0.05) is 43.8 Å². The van der Waals surface area contributed by atoms with Crippen molar-refractivity contribution in [2.75, 3.05) is 51.0 Å². The predicted molar refractivity (Wildman–Crippen MR) is 186 cm³/mol. The molecule has 0 aliphatic carbocycles. The van der Waals surface area contributed by atoms with Gasteiger partial charge in [0.25, 0.3) is 5.91 Å². The Labute approximate surface area is 304 Å². The molecule has 0 saturated carbocycles. The Bertz CT molecular complexity index is 2050. The van der Waals surface area contributed by atoms with E-state index in [2.05, 4.69) is 28.4 Å². The average molecular weight is 739 g/mol. The second-order valence-electron chi connectivity index (χ2n) is 14.9. The van der Waals surface area contributed by atoms with Gasteiger partial charge in [-0.25, -0.2) is 4.39 Å². The molecule has 0 bridgehead atoms. The molecule has 2 aromatic heterocycles. The van der Waals surface area contributed by atoms with Crippen LogP contribution >= 0.6 is 0 Å². The minimum Gasteiger partial charge on any atom is -0.461 e. The first-order chi connectivity index (χ1) is 25.0. The zero-order chi connectivity index (χ0) is 38.0. The number of alkyl halides is 3. The minimum absolute atomic E-state index is 0.0133.